The van der Waals surface area contributed by atoms with Crippen LogP contribution in [0.15, 0.2) is 12.1 Å². The Morgan fingerprint density at radius 3 is 2.58 bits per heavy atom. The number of nitrogens with two attached hydrogens (primary N) is 1. The molecule has 1 aromatic rings. The van der Waals surface area contributed by atoms with Crippen LogP contribution >= 0.6 is 0 Å². The average Bonchev–Trinajstić information content (AvgIpc) is 2.37. The first-order valence-electron chi connectivity index (χ1n) is 6.54. The van der Waals surface area contributed by atoms with Crippen LogP contribution in [0.5, 0.6) is 0 Å². The van der Waals surface area contributed by atoms with Crippen molar-refractivity contribution in [2.45, 2.75) is 39.5 Å². The number of carbonyl (C=O) groups excluding carboxylic acids is 1. The molecule has 3 N–H and O–H groups in total. The number of hydrogen-bond acceptors (Lipinski definition) is 2. The lowest BCUT2D eigenvalue weighted by Gasteiger charge is -2.15. The number of halogens is 2. The summed E-state index contributed by atoms with van der Waals surface area (Å²) in [5, 5.41) is 2.48. The highest BCUT2D eigenvalue weighted by atomic mass is 19.1. The van der Waals surface area contributed by atoms with Gasteiger partial charge in [0.05, 0.1) is 11.4 Å². The van der Waals surface area contributed by atoms with Crippen molar-refractivity contribution in [3.8, 4) is 0 Å². The van der Waals surface area contributed by atoms with Crippen LogP contribution in [0.4, 0.5) is 20.2 Å². The first-order valence-corrected chi connectivity index (χ1v) is 6.54. The van der Waals surface area contributed by atoms with E-state index in [1.54, 1.807) is 0 Å². The van der Waals surface area contributed by atoms with Crippen LogP contribution in [-0.2, 0) is 4.79 Å². The van der Waals surface area contributed by atoms with Gasteiger partial charge in [-0.3, -0.25) is 4.79 Å². The third kappa shape index (κ3) is 4.19. The largest absolute Gasteiger partial charge is 0.396 e. The van der Waals surface area contributed by atoms with Crippen molar-refractivity contribution in [1.29, 1.82) is 0 Å². The van der Waals surface area contributed by atoms with Crippen LogP contribution in [0.2, 0.25) is 0 Å². The zero-order valence-electron chi connectivity index (χ0n) is 11.3. The number of unbranched alkanes of at least 4 members (excludes halogenated alkanes) is 1. The quantitative estimate of drug-likeness (QED) is 0.774. The normalized spacial score (nSPS) is 12.2. The molecule has 1 rings (SSSR count). The minimum absolute atomic E-state index is 0.0705. The molecule has 0 bridgehead atoms. The number of hydrogen-bond donors (Lipinski definition) is 2. The molecule has 1 atom stereocenters. The summed E-state index contributed by atoms with van der Waals surface area (Å²) in [6.07, 6.45) is 3.39. The predicted molar refractivity (Wildman–Crippen MR) is 72.7 cm³/mol. The summed E-state index contributed by atoms with van der Waals surface area (Å²) < 4.78 is 26.5. The molecular weight excluding hydrogens is 250 g/mol. The van der Waals surface area contributed by atoms with Crippen molar-refractivity contribution in [1.82, 2.24) is 0 Å². The molecule has 0 radical (unpaired) electrons. The van der Waals surface area contributed by atoms with Gasteiger partial charge in [0.15, 0.2) is 0 Å². The number of benzene rings is 1. The van der Waals surface area contributed by atoms with Crippen molar-refractivity contribution in [3.05, 3.63) is 23.8 Å². The van der Waals surface area contributed by atoms with E-state index in [1.165, 1.54) is 0 Å². The van der Waals surface area contributed by atoms with Crippen molar-refractivity contribution in [3.63, 3.8) is 0 Å². The molecule has 106 valence electrons. The molecule has 0 spiro atoms. The molecule has 0 fully saturated rings. The van der Waals surface area contributed by atoms with Crippen LogP contribution in [-0.4, -0.2) is 5.91 Å². The average molecular weight is 270 g/mol. The molecule has 1 amide bonds. The van der Waals surface area contributed by atoms with Gasteiger partial charge in [0.1, 0.15) is 11.6 Å². The summed E-state index contributed by atoms with van der Waals surface area (Å²) in [5.74, 6) is -2.05. The van der Waals surface area contributed by atoms with Crippen molar-refractivity contribution in [2.24, 2.45) is 5.92 Å². The summed E-state index contributed by atoms with van der Waals surface area (Å²) in [5.41, 5.74) is 5.11. The zero-order chi connectivity index (χ0) is 14.4. The van der Waals surface area contributed by atoms with E-state index in [2.05, 4.69) is 5.32 Å². The van der Waals surface area contributed by atoms with Gasteiger partial charge in [-0.2, -0.15) is 0 Å². The van der Waals surface area contributed by atoms with Gasteiger partial charge in [0.25, 0.3) is 0 Å². The molecule has 5 heteroatoms. The van der Waals surface area contributed by atoms with Crippen LogP contribution in [0.25, 0.3) is 0 Å². The van der Waals surface area contributed by atoms with Crippen molar-refractivity contribution >= 4 is 17.3 Å². The first kappa shape index (κ1) is 15.4. The minimum Gasteiger partial charge on any atom is -0.396 e. The van der Waals surface area contributed by atoms with E-state index >= 15 is 0 Å². The molecular formula is C14H20F2N2O. The fraction of sp³-hybridized carbons (Fsp3) is 0.500. The van der Waals surface area contributed by atoms with Crippen LogP contribution in [0, 0.1) is 17.6 Å². The molecule has 0 aliphatic heterocycles. The molecule has 0 heterocycles. The lowest BCUT2D eigenvalue weighted by molar-refractivity contribution is -0.120. The van der Waals surface area contributed by atoms with Gasteiger partial charge >= 0.3 is 0 Å². The Bertz CT molecular complexity index is 449. The van der Waals surface area contributed by atoms with Crippen LogP contribution in [0.3, 0.4) is 0 Å². The SMILES string of the molecule is CCCCC(CC)C(=O)Nc1cc(N)c(F)cc1F. The Morgan fingerprint density at radius 2 is 2.00 bits per heavy atom. The maximum Gasteiger partial charge on any atom is 0.227 e. The summed E-state index contributed by atoms with van der Waals surface area (Å²) in [6.45, 7) is 3.96. The van der Waals surface area contributed by atoms with E-state index in [9.17, 15) is 13.6 Å². The van der Waals surface area contributed by atoms with Crippen LogP contribution in [0.1, 0.15) is 39.5 Å². The fourth-order valence-corrected chi connectivity index (χ4v) is 1.87. The lowest BCUT2D eigenvalue weighted by atomic mass is 9.98. The van der Waals surface area contributed by atoms with Gasteiger partial charge in [-0.25, -0.2) is 8.78 Å². The monoisotopic (exact) mass is 270 g/mol. The van der Waals surface area contributed by atoms with E-state index in [1.807, 2.05) is 13.8 Å². The van der Waals surface area contributed by atoms with E-state index in [4.69, 9.17) is 5.73 Å². The summed E-state index contributed by atoms with van der Waals surface area (Å²) >= 11 is 0. The highest BCUT2D eigenvalue weighted by Crippen LogP contribution is 2.23. The fourth-order valence-electron chi connectivity index (χ4n) is 1.87. The summed E-state index contributed by atoms with van der Waals surface area (Å²) in [6, 6.07) is 1.78. The maximum atomic E-state index is 13.5. The van der Waals surface area contributed by atoms with Gasteiger partial charge in [0.2, 0.25) is 5.91 Å². The molecule has 0 saturated carbocycles. The maximum absolute atomic E-state index is 13.5. The Hall–Kier alpha value is -1.65. The highest BCUT2D eigenvalue weighted by molar-refractivity contribution is 5.93. The topological polar surface area (TPSA) is 55.1 Å². The van der Waals surface area contributed by atoms with E-state index in [0.29, 0.717) is 12.5 Å². The van der Waals surface area contributed by atoms with Crippen LogP contribution < -0.4 is 11.1 Å². The molecule has 1 aromatic carbocycles. The first-order chi connectivity index (χ1) is 8.99. The molecule has 0 saturated heterocycles. The molecule has 0 aliphatic carbocycles. The Labute approximate surface area is 112 Å². The number of nitrogen functional groups attached to an aromatic ring is 1. The van der Waals surface area contributed by atoms with E-state index < -0.39 is 11.6 Å². The Kier molecular flexibility index (Phi) is 5.73. The molecule has 0 aromatic heterocycles. The second kappa shape index (κ2) is 7.07. The number of amides is 1. The number of anilines is 2. The number of nitrogens with one attached hydrogen (secondary N) is 1. The van der Waals surface area contributed by atoms with Crippen molar-refractivity contribution in [2.75, 3.05) is 11.1 Å². The zero-order valence-corrected chi connectivity index (χ0v) is 11.3. The van der Waals surface area contributed by atoms with E-state index in [-0.39, 0.29) is 23.2 Å². The summed E-state index contributed by atoms with van der Waals surface area (Å²) in [7, 11) is 0. The van der Waals surface area contributed by atoms with Gasteiger partial charge in [-0.15, -0.1) is 0 Å². The Balaban J connectivity index is 2.78. The molecule has 1 unspecified atom stereocenters. The standard InChI is InChI=1S/C14H20F2N2O/c1-3-5-6-9(4-2)14(19)18-13-8-12(17)10(15)7-11(13)16/h7-9H,3-6,17H2,1-2H3,(H,18,19). The number of rotatable bonds is 6. The summed E-state index contributed by atoms with van der Waals surface area (Å²) in [4.78, 5) is 12.0. The van der Waals surface area contributed by atoms with E-state index in [0.717, 1.165) is 25.3 Å². The predicted octanol–water partition coefficient (Wildman–Crippen LogP) is 3.70. The lowest BCUT2D eigenvalue weighted by Crippen LogP contribution is -2.23. The van der Waals surface area contributed by atoms with Gasteiger partial charge in [0, 0.05) is 12.0 Å². The van der Waals surface area contributed by atoms with Gasteiger partial charge < -0.3 is 11.1 Å². The van der Waals surface area contributed by atoms with Gasteiger partial charge in [-0.1, -0.05) is 26.7 Å². The second-order valence-electron chi connectivity index (χ2n) is 4.59. The highest BCUT2D eigenvalue weighted by Gasteiger charge is 2.18. The number of carbonyl (C=O) groups is 1. The minimum atomic E-state index is -0.825. The molecule has 3 nitrogen and oxygen atoms in total. The molecule has 0 aliphatic rings. The smallest absolute Gasteiger partial charge is 0.227 e. The van der Waals surface area contributed by atoms with Gasteiger partial charge in [-0.05, 0) is 18.9 Å². The third-order valence-corrected chi connectivity index (χ3v) is 3.11. The molecule has 19 heavy (non-hydrogen) atoms. The second-order valence-corrected chi connectivity index (χ2v) is 4.59. The van der Waals surface area contributed by atoms with Crippen molar-refractivity contribution < 1.29 is 13.6 Å². The third-order valence-electron chi connectivity index (χ3n) is 3.11. The Morgan fingerprint density at radius 1 is 1.32 bits per heavy atom.